The molecule has 1 fully saturated rings. The predicted octanol–water partition coefficient (Wildman–Crippen LogP) is 2.31. The smallest absolute Gasteiger partial charge is 0.255 e. The van der Waals surface area contributed by atoms with Crippen molar-refractivity contribution in [1.82, 2.24) is 14.8 Å². The lowest BCUT2D eigenvalue weighted by Crippen LogP contribution is -2.50. The molecule has 0 saturated carbocycles. The minimum absolute atomic E-state index is 0.0360. The van der Waals surface area contributed by atoms with Crippen molar-refractivity contribution < 1.29 is 9.59 Å². The SMILES string of the molecule is CC(=O)N1CCN(C(=O)c2ccc(NCc3ccccc3C)nc2)CC1. The van der Waals surface area contributed by atoms with Gasteiger partial charge in [-0.3, -0.25) is 9.59 Å². The monoisotopic (exact) mass is 352 g/mol. The normalized spacial score (nSPS) is 14.2. The van der Waals surface area contributed by atoms with Gasteiger partial charge in [0, 0.05) is 45.8 Å². The van der Waals surface area contributed by atoms with Crippen LogP contribution < -0.4 is 5.32 Å². The Morgan fingerprint density at radius 1 is 1.04 bits per heavy atom. The van der Waals surface area contributed by atoms with Crippen LogP contribution >= 0.6 is 0 Å². The molecule has 0 atom stereocenters. The summed E-state index contributed by atoms with van der Waals surface area (Å²) in [5, 5.41) is 3.29. The van der Waals surface area contributed by atoms with Gasteiger partial charge in [-0.15, -0.1) is 0 Å². The molecule has 3 rings (SSSR count). The molecular formula is C20H24N4O2. The zero-order valence-corrected chi connectivity index (χ0v) is 15.2. The van der Waals surface area contributed by atoms with Crippen molar-refractivity contribution >= 4 is 17.6 Å². The van der Waals surface area contributed by atoms with Crippen LogP contribution in [0.15, 0.2) is 42.6 Å². The molecule has 136 valence electrons. The van der Waals surface area contributed by atoms with E-state index < -0.39 is 0 Å². The molecule has 2 amide bonds. The van der Waals surface area contributed by atoms with E-state index in [9.17, 15) is 9.59 Å². The Hall–Kier alpha value is -2.89. The van der Waals surface area contributed by atoms with Gasteiger partial charge < -0.3 is 15.1 Å². The van der Waals surface area contributed by atoms with Crippen molar-refractivity contribution in [1.29, 1.82) is 0 Å². The quantitative estimate of drug-likeness (QED) is 0.917. The number of anilines is 1. The Labute approximate surface area is 153 Å². The van der Waals surface area contributed by atoms with Crippen LogP contribution in [0.4, 0.5) is 5.82 Å². The number of pyridine rings is 1. The molecule has 1 N–H and O–H groups in total. The summed E-state index contributed by atoms with van der Waals surface area (Å²) in [5.41, 5.74) is 3.03. The van der Waals surface area contributed by atoms with Gasteiger partial charge in [-0.2, -0.15) is 0 Å². The van der Waals surface area contributed by atoms with E-state index in [1.807, 2.05) is 18.2 Å². The summed E-state index contributed by atoms with van der Waals surface area (Å²) in [7, 11) is 0. The average molecular weight is 352 g/mol. The molecule has 0 bridgehead atoms. The van der Waals surface area contributed by atoms with E-state index in [1.54, 1.807) is 29.0 Å². The summed E-state index contributed by atoms with van der Waals surface area (Å²) in [6.07, 6.45) is 1.61. The Morgan fingerprint density at radius 3 is 2.35 bits per heavy atom. The highest BCUT2D eigenvalue weighted by Crippen LogP contribution is 2.13. The largest absolute Gasteiger partial charge is 0.366 e. The van der Waals surface area contributed by atoms with Crippen molar-refractivity contribution in [3.8, 4) is 0 Å². The number of piperazine rings is 1. The van der Waals surface area contributed by atoms with Crippen LogP contribution in [0.3, 0.4) is 0 Å². The van der Waals surface area contributed by atoms with Gasteiger partial charge in [0.15, 0.2) is 0 Å². The number of benzene rings is 1. The number of nitrogens with zero attached hydrogens (tertiary/aromatic N) is 3. The van der Waals surface area contributed by atoms with E-state index in [1.165, 1.54) is 11.1 Å². The average Bonchev–Trinajstić information content (AvgIpc) is 2.67. The van der Waals surface area contributed by atoms with Gasteiger partial charge in [0.1, 0.15) is 5.82 Å². The molecule has 1 aromatic carbocycles. The van der Waals surface area contributed by atoms with Crippen LogP contribution in [-0.4, -0.2) is 52.8 Å². The fourth-order valence-corrected chi connectivity index (χ4v) is 3.03. The number of amides is 2. The standard InChI is InChI=1S/C20H24N4O2/c1-15-5-3-4-6-17(15)13-21-19-8-7-18(14-22-19)20(26)24-11-9-23(10-12-24)16(2)25/h3-8,14H,9-13H2,1-2H3,(H,21,22). The molecule has 26 heavy (non-hydrogen) atoms. The molecule has 1 aliphatic rings. The van der Waals surface area contributed by atoms with Crippen LogP contribution in [0.2, 0.25) is 0 Å². The van der Waals surface area contributed by atoms with Crippen LogP contribution in [0, 0.1) is 6.92 Å². The summed E-state index contributed by atoms with van der Waals surface area (Å²) < 4.78 is 0. The van der Waals surface area contributed by atoms with Gasteiger partial charge >= 0.3 is 0 Å². The number of rotatable bonds is 4. The second-order valence-corrected chi connectivity index (χ2v) is 6.51. The third-order valence-corrected chi connectivity index (χ3v) is 4.74. The predicted molar refractivity (Wildman–Crippen MR) is 101 cm³/mol. The highest BCUT2D eigenvalue weighted by molar-refractivity contribution is 5.94. The molecule has 2 aromatic rings. The summed E-state index contributed by atoms with van der Waals surface area (Å²) in [6.45, 7) is 6.63. The van der Waals surface area contributed by atoms with Gasteiger partial charge in [0.05, 0.1) is 5.56 Å². The maximum Gasteiger partial charge on any atom is 0.255 e. The number of carbonyl (C=O) groups is 2. The Bertz CT molecular complexity index is 781. The van der Waals surface area contributed by atoms with Crippen molar-refractivity contribution in [2.24, 2.45) is 0 Å². The highest BCUT2D eigenvalue weighted by atomic mass is 16.2. The first-order chi connectivity index (χ1) is 12.5. The second-order valence-electron chi connectivity index (χ2n) is 6.51. The Morgan fingerprint density at radius 2 is 1.73 bits per heavy atom. The number of aryl methyl sites for hydroxylation is 1. The number of hydrogen-bond acceptors (Lipinski definition) is 4. The van der Waals surface area contributed by atoms with Crippen LogP contribution in [0.25, 0.3) is 0 Å². The lowest BCUT2D eigenvalue weighted by atomic mass is 10.1. The maximum absolute atomic E-state index is 12.6. The summed E-state index contributed by atoms with van der Waals surface area (Å²) in [4.78, 5) is 31.8. The topological polar surface area (TPSA) is 65.5 Å². The maximum atomic E-state index is 12.6. The van der Waals surface area contributed by atoms with Crippen molar-refractivity contribution in [2.45, 2.75) is 20.4 Å². The van der Waals surface area contributed by atoms with Crippen molar-refractivity contribution in [3.63, 3.8) is 0 Å². The molecule has 1 saturated heterocycles. The third-order valence-electron chi connectivity index (χ3n) is 4.74. The lowest BCUT2D eigenvalue weighted by molar-refractivity contribution is -0.130. The van der Waals surface area contributed by atoms with Gasteiger partial charge in [-0.25, -0.2) is 4.98 Å². The molecule has 0 radical (unpaired) electrons. The Balaban J connectivity index is 1.56. The lowest BCUT2D eigenvalue weighted by Gasteiger charge is -2.34. The first-order valence-corrected chi connectivity index (χ1v) is 8.84. The van der Waals surface area contributed by atoms with E-state index in [4.69, 9.17) is 0 Å². The van der Waals surface area contributed by atoms with E-state index in [-0.39, 0.29) is 11.8 Å². The fraction of sp³-hybridized carbons (Fsp3) is 0.350. The molecular weight excluding hydrogens is 328 g/mol. The fourth-order valence-electron chi connectivity index (χ4n) is 3.03. The summed E-state index contributed by atoms with van der Waals surface area (Å²) >= 11 is 0. The zero-order chi connectivity index (χ0) is 18.5. The second kappa shape index (κ2) is 7.99. The molecule has 2 heterocycles. The first kappa shape index (κ1) is 17.9. The minimum Gasteiger partial charge on any atom is -0.366 e. The van der Waals surface area contributed by atoms with Gasteiger partial charge in [0.25, 0.3) is 5.91 Å². The van der Waals surface area contributed by atoms with E-state index >= 15 is 0 Å². The number of nitrogens with one attached hydrogen (secondary N) is 1. The van der Waals surface area contributed by atoms with Gasteiger partial charge in [0.2, 0.25) is 5.91 Å². The molecule has 0 spiro atoms. The van der Waals surface area contributed by atoms with Crippen LogP contribution in [0.5, 0.6) is 0 Å². The Kier molecular flexibility index (Phi) is 5.51. The zero-order valence-electron chi connectivity index (χ0n) is 15.2. The van der Waals surface area contributed by atoms with Crippen molar-refractivity contribution in [2.75, 3.05) is 31.5 Å². The highest BCUT2D eigenvalue weighted by Gasteiger charge is 2.23. The van der Waals surface area contributed by atoms with Crippen LogP contribution in [-0.2, 0) is 11.3 Å². The third kappa shape index (κ3) is 4.20. The number of carbonyl (C=O) groups excluding carboxylic acids is 2. The number of aromatic nitrogens is 1. The van der Waals surface area contributed by atoms with Gasteiger partial charge in [-0.1, -0.05) is 24.3 Å². The van der Waals surface area contributed by atoms with E-state index in [0.29, 0.717) is 38.3 Å². The number of hydrogen-bond donors (Lipinski definition) is 1. The minimum atomic E-state index is -0.0360. The summed E-state index contributed by atoms with van der Waals surface area (Å²) in [5.74, 6) is 0.764. The molecule has 1 aromatic heterocycles. The van der Waals surface area contributed by atoms with E-state index in [2.05, 4.69) is 29.4 Å². The van der Waals surface area contributed by atoms with Crippen molar-refractivity contribution in [3.05, 3.63) is 59.3 Å². The molecule has 6 nitrogen and oxygen atoms in total. The van der Waals surface area contributed by atoms with Gasteiger partial charge in [-0.05, 0) is 30.2 Å². The molecule has 0 unspecified atom stereocenters. The molecule has 1 aliphatic heterocycles. The molecule has 6 heteroatoms. The summed E-state index contributed by atoms with van der Waals surface area (Å²) in [6, 6.07) is 11.8. The van der Waals surface area contributed by atoms with E-state index in [0.717, 1.165) is 5.82 Å². The first-order valence-electron chi connectivity index (χ1n) is 8.84. The molecule has 0 aliphatic carbocycles. The van der Waals surface area contributed by atoms with Crippen LogP contribution in [0.1, 0.15) is 28.4 Å².